The van der Waals surface area contributed by atoms with Crippen LogP contribution in [0.2, 0.25) is 10.0 Å². The first kappa shape index (κ1) is 22.5. The minimum atomic E-state index is -0.699. The number of unbranched alkanes of at least 4 members (excludes halogenated alkanes) is 1. The number of allylic oxidation sites excluding steroid dienone is 1. The lowest BCUT2D eigenvalue weighted by Gasteiger charge is -2.15. The smallest absolute Gasteiger partial charge is 0.271 e. The molecule has 152 valence electrons. The number of ketones is 1. The SMILES string of the molecule is C=CCn1c(O)c(C(=O)c2cc(Cl)c(OCCCC)c(Cl)c2)c(C)c(C#N)c1=O. The van der Waals surface area contributed by atoms with E-state index in [2.05, 4.69) is 6.58 Å². The number of nitriles is 1. The summed E-state index contributed by atoms with van der Waals surface area (Å²) in [7, 11) is 0. The van der Waals surface area contributed by atoms with Crippen LogP contribution in [0.15, 0.2) is 29.6 Å². The van der Waals surface area contributed by atoms with E-state index in [1.807, 2.05) is 6.92 Å². The summed E-state index contributed by atoms with van der Waals surface area (Å²) in [5.41, 5.74) is -0.932. The molecule has 0 fully saturated rings. The molecule has 0 radical (unpaired) electrons. The molecule has 8 heteroatoms. The number of ether oxygens (including phenoxy) is 1. The topological polar surface area (TPSA) is 92.3 Å². The first-order valence-corrected chi connectivity index (χ1v) is 9.67. The van der Waals surface area contributed by atoms with Gasteiger partial charge in [0, 0.05) is 12.1 Å². The zero-order valence-electron chi connectivity index (χ0n) is 16.1. The third kappa shape index (κ3) is 4.47. The molecule has 0 aliphatic carbocycles. The van der Waals surface area contributed by atoms with E-state index in [1.54, 1.807) is 6.07 Å². The van der Waals surface area contributed by atoms with E-state index < -0.39 is 17.2 Å². The van der Waals surface area contributed by atoms with Crippen molar-refractivity contribution in [3.63, 3.8) is 0 Å². The van der Waals surface area contributed by atoms with Crippen molar-refractivity contribution in [2.75, 3.05) is 6.61 Å². The first-order chi connectivity index (χ1) is 13.8. The number of hydrogen-bond donors (Lipinski definition) is 1. The summed E-state index contributed by atoms with van der Waals surface area (Å²) in [6, 6.07) is 4.55. The lowest BCUT2D eigenvalue weighted by atomic mass is 9.97. The highest BCUT2D eigenvalue weighted by atomic mass is 35.5. The van der Waals surface area contributed by atoms with Gasteiger partial charge in [-0.1, -0.05) is 42.6 Å². The van der Waals surface area contributed by atoms with Gasteiger partial charge in [-0.15, -0.1) is 6.58 Å². The molecule has 1 heterocycles. The maximum atomic E-state index is 13.1. The van der Waals surface area contributed by atoms with Crippen molar-refractivity contribution in [3.05, 3.63) is 67.4 Å². The van der Waals surface area contributed by atoms with Crippen LogP contribution >= 0.6 is 23.2 Å². The van der Waals surface area contributed by atoms with Crippen LogP contribution in [0.4, 0.5) is 0 Å². The molecular formula is C21H20Cl2N2O4. The Bertz CT molecular complexity index is 1040. The number of rotatable bonds is 8. The minimum Gasteiger partial charge on any atom is -0.494 e. The molecule has 0 amide bonds. The molecule has 2 aromatic rings. The van der Waals surface area contributed by atoms with Gasteiger partial charge in [-0.25, -0.2) is 0 Å². The van der Waals surface area contributed by atoms with E-state index >= 15 is 0 Å². The highest BCUT2D eigenvalue weighted by Gasteiger charge is 2.25. The van der Waals surface area contributed by atoms with Crippen molar-refractivity contribution in [1.29, 1.82) is 5.26 Å². The van der Waals surface area contributed by atoms with E-state index in [1.165, 1.54) is 25.1 Å². The fraction of sp³-hybridized carbons (Fsp3) is 0.286. The fourth-order valence-electron chi connectivity index (χ4n) is 2.81. The van der Waals surface area contributed by atoms with E-state index in [0.717, 1.165) is 17.4 Å². The zero-order chi connectivity index (χ0) is 21.7. The molecule has 1 aromatic heterocycles. The van der Waals surface area contributed by atoms with Crippen LogP contribution < -0.4 is 10.3 Å². The molecular weight excluding hydrogens is 415 g/mol. The van der Waals surface area contributed by atoms with E-state index in [0.29, 0.717) is 6.61 Å². The monoisotopic (exact) mass is 434 g/mol. The maximum Gasteiger partial charge on any atom is 0.271 e. The van der Waals surface area contributed by atoms with E-state index in [4.69, 9.17) is 27.9 Å². The Labute approximate surface area is 178 Å². The zero-order valence-corrected chi connectivity index (χ0v) is 17.6. The number of hydrogen-bond acceptors (Lipinski definition) is 5. The Balaban J connectivity index is 2.61. The van der Waals surface area contributed by atoms with Crippen molar-refractivity contribution in [2.45, 2.75) is 33.2 Å². The van der Waals surface area contributed by atoms with Crippen LogP contribution in [0.5, 0.6) is 11.6 Å². The summed E-state index contributed by atoms with van der Waals surface area (Å²) in [4.78, 5) is 25.5. The first-order valence-electron chi connectivity index (χ1n) is 8.92. The molecule has 0 saturated carbocycles. The molecule has 2 rings (SSSR count). The fourth-order valence-corrected chi connectivity index (χ4v) is 3.41. The van der Waals surface area contributed by atoms with Gasteiger partial charge in [-0.05, 0) is 31.0 Å². The molecule has 6 nitrogen and oxygen atoms in total. The Kier molecular flexibility index (Phi) is 7.49. The van der Waals surface area contributed by atoms with Crippen molar-refractivity contribution in [2.24, 2.45) is 0 Å². The number of pyridine rings is 1. The Morgan fingerprint density at radius 2 is 2.00 bits per heavy atom. The summed E-state index contributed by atoms with van der Waals surface area (Å²) in [5.74, 6) is -0.904. The standard InChI is InChI=1S/C21H20Cl2N2O4/c1-4-6-8-29-19-15(22)9-13(10-16(19)23)18(26)17-12(3)14(11-24)20(27)25(7-5-2)21(17)28/h5,9-10,28H,2,4,6-8H2,1,3H3. The third-order valence-corrected chi connectivity index (χ3v) is 4.91. The van der Waals surface area contributed by atoms with Gasteiger partial charge in [-0.3, -0.25) is 14.2 Å². The summed E-state index contributed by atoms with van der Waals surface area (Å²) in [6.45, 7) is 7.34. The van der Waals surface area contributed by atoms with Crippen LogP contribution in [0, 0.1) is 18.3 Å². The Morgan fingerprint density at radius 1 is 1.38 bits per heavy atom. The number of halogens is 2. The highest BCUT2D eigenvalue weighted by Crippen LogP contribution is 2.36. The van der Waals surface area contributed by atoms with Crippen molar-refractivity contribution >= 4 is 29.0 Å². The van der Waals surface area contributed by atoms with Gasteiger partial charge >= 0.3 is 0 Å². The highest BCUT2D eigenvalue weighted by molar-refractivity contribution is 6.38. The van der Waals surface area contributed by atoms with Gasteiger partial charge in [0.1, 0.15) is 11.6 Å². The number of carbonyl (C=O) groups excluding carboxylic acids is 1. The molecule has 1 aromatic carbocycles. The van der Waals surface area contributed by atoms with Crippen molar-refractivity contribution in [3.8, 4) is 17.7 Å². The van der Waals surface area contributed by atoms with Gasteiger partial charge < -0.3 is 9.84 Å². The molecule has 29 heavy (non-hydrogen) atoms. The van der Waals surface area contributed by atoms with Crippen molar-refractivity contribution in [1.82, 2.24) is 4.57 Å². The third-order valence-electron chi connectivity index (χ3n) is 4.34. The average Bonchev–Trinajstić information content (AvgIpc) is 2.67. The second-order valence-electron chi connectivity index (χ2n) is 6.31. The van der Waals surface area contributed by atoms with Gasteiger partial charge in [-0.2, -0.15) is 5.26 Å². The van der Waals surface area contributed by atoms with Gasteiger partial charge in [0.15, 0.2) is 11.5 Å². The van der Waals surface area contributed by atoms with Crippen LogP contribution in [0.3, 0.4) is 0 Å². The number of benzene rings is 1. The molecule has 1 N–H and O–H groups in total. The van der Waals surface area contributed by atoms with Gasteiger partial charge in [0.2, 0.25) is 5.88 Å². The quantitative estimate of drug-likeness (QED) is 0.371. The van der Waals surface area contributed by atoms with Gasteiger partial charge in [0.05, 0.1) is 22.2 Å². The Morgan fingerprint density at radius 3 is 2.52 bits per heavy atom. The molecule has 0 spiro atoms. The number of aromatic nitrogens is 1. The number of nitrogens with zero attached hydrogens (tertiary/aromatic N) is 2. The molecule has 0 atom stereocenters. The summed E-state index contributed by atoms with van der Waals surface area (Å²) < 4.78 is 6.49. The largest absolute Gasteiger partial charge is 0.494 e. The molecule has 0 unspecified atom stereocenters. The second-order valence-corrected chi connectivity index (χ2v) is 7.13. The molecule has 0 saturated heterocycles. The van der Waals surface area contributed by atoms with Crippen LogP contribution in [-0.4, -0.2) is 22.1 Å². The second kappa shape index (κ2) is 9.64. The number of carbonyl (C=O) groups is 1. The Hall–Kier alpha value is -2.75. The van der Waals surface area contributed by atoms with E-state index in [-0.39, 0.29) is 44.6 Å². The lowest BCUT2D eigenvalue weighted by Crippen LogP contribution is -2.26. The molecule has 0 aliphatic rings. The van der Waals surface area contributed by atoms with Crippen molar-refractivity contribution < 1.29 is 14.6 Å². The predicted molar refractivity (Wildman–Crippen MR) is 112 cm³/mol. The summed E-state index contributed by atoms with van der Waals surface area (Å²) in [6.07, 6.45) is 3.14. The molecule has 0 bridgehead atoms. The normalized spacial score (nSPS) is 10.4. The minimum absolute atomic E-state index is 0.0639. The maximum absolute atomic E-state index is 13.1. The predicted octanol–water partition coefficient (Wildman–Crippen LogP) is 4.64. The van der Waals surface area contributed by atoms with Crippen LogP contribution in [-0.2, 0) is 6.54 Å². The van der Waals surface area contributed by atoms with Crippen LogP contribution in [0.1, 0.15) is 46.8 Å². The number of aromatic hydroxyl groups is 1. The van der Waals surface area contributed by atoms with Gasteiger partial charge in [0.25, 0.3) is 5.56 Å². The van der Waals surface area contributed by atoms with E-state index in [9.17, 15) is 20.0 Å². The average molecular weight is 435 g/mol. The summed E-state index contributed by atoms with van der Waals surface area (Å²) in [5, 5.41) is 20.2. The van der Waals surface area contributed by atoms with Crippen LogP contribution in [0.25, 0.3) is 0 Å². The molecule has 0 aliphatic heterocycles. The summed E-state index contributed by atoms with van der Waals surface area (Å²) >= 11 is 12.5. The lowest BCUT2D eigenvalue weighted by molar-refractivity contribution is 0.103.